The molecule has 192 valence electrons. The molecule has 0 bridgehead atoms. The maximum Gasteiger partial charge on any atom is 0.490 e. The minimum absolute atomic E-state index is 0.0397. The van der Waals surface area contributed by atoms with E-state index in [1.54, 1.807) is 35.5 Å². The number of carbonyl (C=O) groups is 3. The van der Waals surface area contributed by atoms with Gasteiger partial charge in [0.1, 0.15) is 11.5 Å². The van der Waals surface area contributed by atoms with Crippen LogP contribution in [0.25, 0.3) is 0 Å². The molecular formula is C23H22F4N4O5. The van der Waals surface area contributed by atoms with Gasteiger partial charge in [-0.15, -0.1) is 0 Å². The number of carboxylic acids is 1. The number of benzene rings is 1. The molecular weight excluding hydrogens is 488 g/mol. The zero-order valence-corrected chi connectivity index (χ0v) is 18.8. The van der Waals surface area contributed by atoms with E-state index in [4.69, 9.17) is 14.7 Å². The summed E-state index contributed by atoms with van der Waals surface area (Å²) in [5.74, 6) is -3.98. The van der Waals surface area contributed by atoms with Crippen LogP contribution in [0.1, 0.15) is 35.2 Å². The number of rotatable bonds is 4. The van der Waals surface area contributed by atoms with Gasteiger partial charge in [0.15, 0.2) is 5.60 Å². The first-order valence-electron chi connectivity index (χ1n) is 10.8. The van der Waals surface area contributed by atoms with Crippen molar-refractivity contribution < 1.29 is 41.9 Å². The van der Waals surface area contributed by atoms with Crippen molar-refractivity contribution in [3.63, 3.8) is 0 Å². The minimum atomic E-state index is -5.08. The first-order chi connectivity index (χ1) is 17.0. The lowest BCUT2D eigenvalue weighted by atomic mass is 9.87. The summed E-state index contributed by atoms with van der Waals surface area (Å²) < 4.78 is 45.7. The Morgan fingerprint density at radius 2 is 1.89 bits per heavy atom. The van der Waals surface area contributed by atoms with Gasteiger partial charge in [-0.2, -0.15) is 13.2 Å². The maximum atomic E-state index is 14.0. The molecule has 9 nitrogen and oxygen atoms in total. The van der Waals surface area contributed by atoms with E-state index in [-0.39, 0.29) is 23.9 Å². The molecule has 1 saturated heterocycles. The smallest absolute Gasteiger partial charge is 0.475 e. The number of aromatic nitrogens is 1. The lowest BCUT2D eigenvalue weighted by Gasteiger charge is -2.38. The summed E-state index contributed by atoms with van der Waals surface area (Å²) in [7, 11) is 0. The van der Waals surface area contributed by atoms with E-state index < -0.39 is 23.6 Å². The zero-order valence-electron chi connectivity index (χ0n) is 18.8. The van der Waals surface area contributed by atoms with Crippen LogP contribution in [-0.4, -0.2) is 63.4 Å². The van der Waals surface area contributed by atoms with E-state index in [1.165, 1.54) is 12.1 Å². The number of hydrogen-bond donors (Lipinski definition) is 2. The second-order valence-corrected chi connectivity index (χ2v) is 8.15. The van der Waals surface area contributed by atoms with Gasteiger partial charge in [-0.3, -0.25) is 14.6 Å². The van der Waals surface area contributed by atoms with Gasteiger partial charge in [0.25, 0.3) is 11.8 Å². The number of likely N-dealkylation sites (tertiary alicyclic amines) is 1. The Kier molecular flexibility index (Phi) is 8.22. The molecule has 0 aliphatic carbocycles. The number of carboxylic acid groups (broad SMARTS) is 1. The van der Waals surface area contributed by atoms with Crippen molar-refractivity contribution in [3.05, 3.63) is 65.7 Å². The third-order valence-electron chi connectivity index (χ3n) is 5.45. The van der Waals surface area contributed by atoms with Crippen LogP contribution < -0.4 is 5.32 Å². The average molecular weight is 510 g/mol. The van der Waals surface area contributed by atoms with Gasteiger partial charge in [-0.1, -0.05) is 23.4 Å². The van der Waals surface area contributed by atoms with Crippen LogP contribution in [0.5, 0.6) is 0 Å². The van der Waals surface area contributed by atoms with Gasteiger partial charge < -0.3 is 20.2 Å². The summed E-state index contributed by atoms with van der Waals surface area (Å²) in [5, 5.41) is 13.9. The predicted octanol–water partition coefficient (Wildman–Crippen LogP) is 2.92. The Hall–Kier alpha value is -4.03. The lowest BCUT2D eigenvalue weighted by Crippen LogP contribution is -2.51. The number of halogens is 4. The van der Waals surface area contributed by atoms with Gasteiger partial charge in [0.2, 0.25) is 0 Å². The van der Waals surface area contributed by atoms with E-state index in [1.807, 2.05) is 6.07 Å². The molecule has 2 aliphatic heterocycles. The van der Waals surface area contributed by atoms with Crippen molar-refractivity contribution in [2.75, 3.05) is 13.1 Å². The van der Waals surface area contributed by atoms with Crippen molar-refractivity contribution in [1.29, 1.82) is 0 Å². The Bertz CT molecular complexity index is 1140. The maximum absolute atomic E-state index is 14.0. The highest BCUT2D eigenvalue weighted by Gasteiger charge is 2.45. The monoisotopic (exact) mass is 510 g/mol. The zero-order chi connectivity index (χ0) is 26.3. The normalized spacial score (nSPS) is 19.0. The van der Waals surface area contributed by atoms with Crippen molar-refractivity contribution in [1.82, 2.24) is 15.2 Å². The van der Waals surface area contributed by atoms with Gasteiger partial charge in [0, 0.05) is 31.9 Å². The highest BCUT2D eigenvalue weighted by molar-refractivity contribution is 6.39. The number of hydrogen-bond acceptors (Lipinski definition) is 6. The molecule has 3 heterocycles. The molecule has 36 heavy (non-hydrogen) atoms. The summed E-state index contributed by atoms with van der Waals surface area (Å²) in [6.07, 6.45) is -0.0480. The van der Waals surface area contributed by atoms with Crippen LogP contribution in [0.15, 0.2) is 53.9 Å². The van der Waals surface area contributed by atoms with E-state index in [0.29, 0.717) is 38.1 Å². The molecule has 4 rings (SSSR count). The molecule has 0 radical (unpaired) electrons. The number of piperidine rings is 1. The van der Waals surface area contributed by atoms with Gasteiger partial charge >= 0.3 is 12.1 Å². The molecule has 1 fully saturated rings. The third kappa shape index (κ3) is 6.77. The first-order valence-corrected chi connectivity index (χ1v) is 10.8. The molecule has 2 N–H and O–H groups in total. The van der Waals surface area contributed by atoms with Crippen molar-refractivity contribution in [3.8, 4) is 0 Å². The molecule has 1 atom stereocenters. The predicted molar refractivity (Wildman–Crippen MR) is 117 cm³/mol. The highest BCUT2D eigenvalue weighted by Crippen LogP contribution is 2.34. The quantitative estimate of drug-likeness (QED) is 0.611. The third-order valence-corrected chi connectivity index (χ3v) is 5.45. The Morgan fingerprint density at radius 1 is 1.17 bits per heavy atom. The number of oxime groups is 1. The van der Waals surface area contributed by atoms with E-state index in [2.05, 4.69) is 15.5 Å². The number of aliphatic carboxylic acids is 1. The van der Waals surface area contributed by atoms with Crippen LogP contribution >= 0.6 is 0 Å². The summed E-state index contributed by atoms with van der Waals surface area (Å²) >= 11 is 0. The molecule has 13 heteroatoms. The number of amides is 2. The minimum Gasteiger partial charge on any atom is -0.475 e. The molecule has 1 unspecified atom stereocenters. The standard InChI is InChI=1S/C21H21FN4O3.C2HF3O2/c22-17-7-2-1-6-16(17)20(28)26-10-4-8-21(14-26)11-18(25-29-21)19(27)24-13-15-5-3-9-23-12-15;3-2(4,5)1(6)7/h1-3,5-7,9,12H,4,8,10-11,13-14H2,(H,24,27);(H,6,7). The van der Waals surface area contributed by atoms with Crippen molar-refractivity contribution >= 4 is 23.5 Å². The van der Waals surface area contributed by atoms with E-state index in [9.17, 15) is 27.2 Å². The molecule has 2 aliphatic rings. The van der Waals surface area contributed by atoms with E-state index >= 15 is 0 Å². The summed E-state index contributed by atoms with van der Waals surface area (Å²) in [6.45, 7) is 1.13. The largest absolute Gasteiger partial charge is 0.490 e. The number of carbonyl (C=O) groups excluding carboxylic acids is 2. The number of pyridine rings is 1. The van der Waals surface area contributed by atoms with Crippen LogP contribution in [-0.2, 0) is 21.0 Å². The average Bonchev–Trinajstić information content (AvgIpc) is 3.26. The molecule has 2 amide bonds. The van der Waals surface area contributed by atoms with Gasteiger partial charge in [-0.25, -0.2) is 9.18 Å². The summed E-state index contributed by atoms with van der Waals surface area (Å²) in [6, 6.07) is 9.60. The van der Waals surface area contributed by atoms with Crippen LogP contribution in [0.4, 0.5) is 17.6 Å². The lowest BCUT2D eigenvalue weighted by molar-refractivity contribution is -0.192. The van der Waals surface area contributed by atoms with Gasteiger partial charge in [0.05, 0.1) is 12.1 Å². The number of nitrogens with one attached hydrogen (secondary N) is 1. The van der Waals surface area contributed by atoms with Crippen LogP contribution in [0.3, 0.4) is 0 Å². The molecule has 1 aromatic carbocycles. The molecule has 0 saturated carbocycles. The summed E-state index contributed by atoms with van der Waals surface area (Å²) in [4.78, 5) is 45.3. The van der Waals surface area contributed by atoms with Gasteiger partial charge in [-0.05, 0) is 36.6 Å². The Morgan fingerprint density at radius 3 is 2.53 bits per heavy atom. The van der Waals surface area contributed by atoms with Crippen molar-refractivity contribution in [2.24, 2.45) is 5.16 Å². The summed E-state index contributed by atoms with van der Waals surface area (Å²) in [5.41, 5.74) is 0.488. The number of alkyl halides is 3. The molecule has 1 aromatic heterocycles. The number of nitrogens with zero attached hydrogens (tertiary/aromatic N) is 3. The van der Waals surface area contributed by atoms with Crippen LogP contribution in [0, 0.1) is 5.82 Å². The fourth-order valence-electron chi connectivity index (χ4n) is 3.73. The molecule has 2 aromatic rings. The Labute approximate surface area is 202 Å². The fourth-order valence-corrected chi connectivity index (χ4v) is 3.73. The second-order valence-electron chi connectivity index (χ2n) is 8.15. The van der Waals surface area contributed by atoms with E-state index in [0.717, 1.165) is 5.56 Å². The van der Waals surface area contributed by atoms with Crippen molar-refractivity contribution in [2.45, 2.75) is 37.6 Å². The Balaban J connectivity index is 0.000000454. The highest BCUT2D eigenvalue weighted by atomic mass is 19.4. The first kappa shape index (κ1) is 26.6. The molecule has 1 spiro atoms. The topological polar surface area (TPSA) is 121 Å². The van der Waals surface area contributed by atoms with Crippen LogP contribution in [0.2, 0.25) is 0 Å². The fraction of sp³-hybridized carbons (Fsp3) is 0.348. The SMILES string of the molecule is O=C(NCc1cccnc1)C1=NOC2(CCCN(C(=O)c3ccccc3F)C2)C1.O=C(O)C(F)(F)F. The second kappa shape index (κ2) is 11.1.